The first kappa shape index (κ1) is 15.7. The van der Waals surface area contributed by atoms with E-state index in [2.05, 4.69) is 26.8 Å². The van der Waals surface area contributed by atoms with Gasteiger partial charge in [0.1, 0.15) is 0 Å². The van der Waals surface area contributed by atoms with Gasteiger partial charge in [-0.2, -0.15) is 0 Å². The SMILES string of the molecule is CCCCC=C(C)CCCCCCCCC. The summed E-state index contributed by atoms with van der Waals surface area (Å²) in [5.41, 5.74) is 1.61. The van der Waals surface area contributed by atoms with Gasteiger partial charge in [-0.15, -0.1) is 0 Å². The van der Waals surface area contributed by atoms with Crippen molar-refractivity contribution < 1.29 is 0 Å². The zero-order valence-electron chi connectivity index (χ0n) is 11.9. The molecule has 0 rings (SSSR count). The van der Waals surface area contributed by atoms with Gasteiger partial charge in [0.2, 0.25) is 0 Å². The van der Waals surface area contributed by atoms with Crippen LogP contribution >= 0.6 is 0 Å². The Kier molecular flexibility index (Phi) is 12.6. The van der Waals surface area contributed by atoms with E-state index < -0.39 is 0 Å². The van der Waals surface area contributed by atoms with Crippen LogP contribution in [0.15, 0.2) is 11.6 Å². The molecule has 0 aliphatic rings. The molecule has 0 fully saturated rings. The molecule has 96 valence electrons. The molecule has 0 spiro atoms. The summed E-state index contributed by atoms with van der Waals surface area (Å²) in [5, 5.41) is 0. The normalized spacial score (nSPS) is 12.1. The number of hydrogen-bond acceptors (Lipinski definition) is 0. The van der Waals surface area contributed by atoms with Crippen molar-refractivity contribution >= 4 is 0 Å². The van der Waals surface area contributed by atoms with Crippen LogP contribution in [-0.4, -0.2) is 0 Å². The van der Waals surface area contributed by atoms with Gasteiger partial charge < -0.3 is 0 Å². The third-order valence-electron chi connectivity index (χ3n) is 3.23. The number of unbranched alkanes of at least 4 members (excludes halogenated alkanes) is 8. The van der Waals surface area contributed by atoms with E-state index in [4.69, 9.17) is 0 Å². The fourth-order valence-electron chi connectivity index (χ4n) is 2.02. The minimum Gasteiger partial charge on any atom is -0.0856 e. The molecule has 0 amide bonds. The van der Waals surface area contributed by atoms with Crippen LogP contribution in [0.2, 0.25) is 0 Å². The lowest BCUT2D eigenvalue weighted by atomic mass is 10.0. The van der Waals surface area contributed by atoms with Gasteiger partial charge in [0, 0.05) is 0 Å². The molecule has 0 heteroatoms. The Labute approximate surface area is 104 Å². The molecule has 0 saturated heterocycles. The van der Waals surface area contributed by atoms with Crippen molar-refractivity contribution in [2.45, 2.75) is 91.4 Å². The monoisotopic (exact) mass is 224 g/mol. The largest absolute Gasteiger partial charge is 0.0856 e. The summed E-state index contributed by atoms with van der Waals surface area (Å²) in [5.74, 6) is 0. The molecule has 0 unspecified atom stereocenters. The second kappa shape index (κ2) is 12.8. The highest BCUT2D eigenvalue weighted by atomic mass is 14.0. The molecule has 0 saturated carbocycles. The van der Waals surface area contributed by atoms with E-state index in [0.717, 1.165) is 0 Å². The molecule has 0 aromatic heterocycles. The van der Waals surface area contributed by atoms with Crippen LogP contribution in [0.1, 0.15) is 91.4 Å². The molecule has 0 heterocycles. The summed E-state index contributed by atoms with van der Waals surface area (Å²) in [6.07, 6.45) is 17.7. The van der Waals surface area contributed by atoms with E-state index >= 15 is 0 Å². The first-order valence-corrected chi connectivity index (χ1v) is 7.46. The number of rotatable bonds is 11. The van der Waals surface area contributed by atoms with Crippen LogP contribution in [0.25, 0.3) is 0 Å². The second-order valence-electron chi connectivity index (χ2n) is 5.06. The van der Waals surface area contributed by atoms with Crippen molar-refractivity contribution in [3.8, 4) is 0 Å². The molecule has 0 aromatic carbocycles. The fraction of sp³-hybridized carbons (Fsp3) is 0.875. The molecular formula is C16H32. The highest BCUT2D eigenvalue weighted by molar-refractivity contribution is 4.97. The van der Waals surface area contributed by atoms with E-state index in [1.807, 2.05) is 0 Å². The van der Waals surface area contributed by atoms with Crippen molar-refractivity contribution in [1.29, 1.82) is 0 Å². The minimum atomic E-state index is 1.29. The van der Waals surface area contributed by atoms with E-state index in [1.54, 1.807) is 5.57 Å². The second-order valence-corrected chi connectivity index (χ2v) is 5.06. The highest BCUT2D eigenvalue weighted by Crippen LogP contribution is 2.13. The van der Waals surface area contributed by atoms with Crippen molar-refractivity contribution in [2.24, 2.45) is 0 Å². The quantitative estimate of drug-likeness (QED) is 0.287. The Balaban J connectivity index is 3.20. The maximum absolute atomic E-state index is 2.45. The Morgan fingerprint density at radius 1 is 0.750 bits per heavy atom. The van der Waals surface area contributed by atoms with E-state index in [-0.39, 0.29) is 0 Å². The Morgan fingerprint density at radius 3 is 1.94 bits per heavy atom. The minimum absolute atomic E-state index is 1.29. The lowest BCUT2D eigenvalue weighted by Gasteiger charge is -2.02. The number of allylic oxidation sites excluding steroid dienone is 2. The topological polar surface area (TPSA) is 0 Å². The summed E-state index contributed by atoms with van der Waals surface area (Å²) in [7, 11) is 0. The maximum atomic E-state index is 2.45. The molecule has 0 aliphatic heterocycles. The summed E-state index contributed by atoms with van der Waals surface area (Å²) >= 11 is 0. The molecule has 0 aliphatic carbocycles. The van der Waals surface area contributed by atoms with Gasteiger partial charge in [-0.3, -0.25) is 0 Å². The van der Waals surface area contributed by atoms with Gasteiger partial charge in [-0.1, -0.05) is 76.9 Å². The Morgan fingerprint density at radius 2 is 1.31 bits per heavy atom. The molecule has 0 atom stereocenters. The molecule has 0 radical (unpaired) electrons. The van der Waals surface area contributed by atoms with Crippen LogP contribution in [-0.2, 0) is 0 Å². The zero-order chi connectivity index (χ0) is 12.1. The van der Waals surface area contributed by atoms with Crippen LogP contribution < -0.4 is 0 Å². The first-order valence-electron chi connectivity index (χ1n) is 7.46. The third-order valence-corrected chi connectivity index (χ3v) is 3.23. The van der Waals surface area contributed by atoms with Crippen molar-refractivity contribution in [3.63, 3.8) is 0 Å². The van der Waals surface area contributed by atoms with Crippen molar-refractivity contribution in [3.05, 3.63) is 11.6 Å². The van der Waals surface area contributed by atoms with Crippen LogP contribution in [0.3, 0.4) is 0 Å². The first-order chi connectivity index (χ1) is 7.81. The van der Waals surface area contributed by atoms with Gasteiger partial charge in [-0.05, 0) is 26.2 Å². The van der Waals surface area contributed by atoms with Gasteiger partial charge in [0.15, 0.2) is 0 Å². The van der Waals surface area contributed by atoms with Gasteiger partial charge >= 0.3 is 0 Å². The summed E-state index contributed by atoms with van der Waals surface area (Å²) in [4.78, 5) is 0. The van der Waals surface area contributed by atoms with Gasteiger partial charge in [-0.25, -0.2) is 0 Å². The predicted molar refractivity (Wildman–Crippen MR) is 75.9 cm³/mol. The maximum Gasteiger partial charge on any atom is -0.0323 e. The smallest absolute Gasteiger partial charge is 0.0323 e. The van der Waals surface area contributed by atoms with E-state index in [9.17, 15) is 0 Å². The highest BCUT2D eigenvalue weighted by Gasteiger charge is 1.93. The summed E-state index contributed by atoms with van der Waals surface area (Å²) in [6.45, 7) is 6.84. The summed E-state index contributed by atoms with van der Waals surface area (Å²) in [6, 6.07) is 0. The van der Waals surface area contributed by atoms with E-state index in [0.29, 0.717) is 0 Å². The average molecular weight is 224 g/mol. The lowest BCUT2D eigenvalue weighted by Crippen LogP contribution is -1.82. The van der Waals surface area contributed by atoms with Gasteiger partial charge in [0.25, 0.3) is 0 Å². The Bertz CT molecular complexity index is 155. The van der Waals surface area contributed by atoms with Crippen molar-refractivity contribution in [2.75, 3.05) is 0 Å². The number of hydrogen-bond donors (Lipinski definition) is 0. The average Bonchev–Trinajstić information content (AvgIpc) is 2.28. The molecule has 0 N–H and O–H groups in total. The molecule has 16 heavy (non-hydrogen) atoms. The molecular weight excluding hydrogens is 192 g/mol. The Hall–Kier alpha value is -0.260. The summed E-state index contributed by atoms with van der Waals surface area (Å²) < 4.78 is 0. The standard InChI is InChI=1S/C16H32/c1-4-6-8-9-10-11-13-15-16(3)14-12-7-5-2/h14H,4-13,15H2,1-3H3. The van der Waals surface area contributed by atoms with Crippen molar-refractivity contribution in [1.82, 2.24) is 0 Å². The van der Waals surface area contributed by atoms with E-state index in [1.165, 1.54) is 70.6 Å². The molecule has 0 nitrogen and oxygen atoms in total. The molecule has 0 aromatic rings. The lowest BCUT2D eigenvalue weighted by molar-refractivity contribution is 0.588. The zero-order valence-corrected chi connectivity index (χ0v) is 11.9. The van der Waals surface area contributed by atoms with Crippen LogP contribution in [0, 0.1) is 0 Å². The van der Waals surface area contributed by atoms with Crippen LogP contribution in [0.5, 0.6) is 0 Å². The van der Waals surface area contributed by atoms with Gasteiger partial charge in [0.05, 0.1) is 0 Å². The molecule has 0 bridgehead atoms. The predicted octanol–water partition coefficient (Wildman–Crippen LogP) is 6.26. The van der Waals surface area contributed by atoms with Crippen LogP contribution in [0.4, 0.5) is 0 Å². The third kappa shape index (κ3) is 11.8. The fourth-order valence-corrected chi connectivity index (χ4v) is 2.02.